The first kappa shape index (κ1) is 25.8. The first-order chi connectivity index (χ1) is 19.6. The van der Waals surface area contributed by atoms with Crippen LogP contribution >= 0.6 is 0 Å². The van der Waals surface area contributed by atoms with Crippen molar-refractivity contribution in [1.82, 2.24) is 9.55 Å². The normalized spacial score (nSPS) is 16.9. The van der Waals surface area contributed by atoms with Crippen LogP contribution in [0.1, 0.15) is 46.0 Å². The third kappa shape index (κ3) is 3.77. The molecule has 0 aliphatic carbocycles. The standard InChI is InChI=1S/C28H20N4O9/c1-3-28(41-26(34)15-8-7-14(2)22(10-15)32(38)39)19-11-23-24-16(12-30(23)25(33)18(19)13-40-27(28)35)9-17-20(29-24)5-4-6-21(17)31(36)37/h4-11H,3,12-13H2,1-2H3/t28-/m0/s1. The average molecular weight is 556 g/mol. The van der Waals surface area contributed by atoms with Crippen molar-refractivity contribution in [3.8, 4) is 11.4 Å². The van der Waals surface area contributed by atoms with Crippen molar-refractivity contribution in [1.29, 1.82) is 0 Å². The summed E-state index contributed by atoms with van der Waals surface area (Å²) in [7, 11) is 0. The molecule has 0 radical (unpaired) electrons. The number of non-ortho nitro benzene ring substituents is 1. The Hall–Kier alpha value is -5.46. The van der Waals surface area contributed by atoms with E-state index in [0.29, 0.717) is 33.4 Å². The second-order valence-electron chi connectivity index (χ2n) is 9.81. The molecule has 0 unspecified atom stereocenters. The van der Waals surface area contributed by atoms with Crippen LogP contribution in [0.15, 0.2) is 53.3 Å². The van der Waals surface area contributed by atoms with Gasteiger partial charge in [0.1, 0.15) is 6.61 Å². The number of ether oxygens (including phenoxy) is 2. The van der Waals surface area contributed by atoms with Crippen LogP contribution < -0.4 is 5.56 Å². The molecular weight excluding hydrogens is 536 g/mol. The highest BCUT2D eigenvalue weighted by Gasteiger charge is 2.50. The highest BCUT2D eigenvalue weighted by atomic mass is 16.6. The molecule has 0 spiro atoms. The van der Waals surface area contributed by atoms with E-state index in [9.17, 15) is 34.6 Å². The lowest BCUT2D eigenvalue weighted by Crippen LogP contribution is -2.47. The van der Waals surface area contributed by atoms with E-state index in [1.54, 1.807) is 25.1 Å². The Morgan fingerprint density at radius 3 is 2.56 bits per heavy atom. The Morgan fingerprint density at radius 1 is 1.10 bits per heavy atom. The molecule has 0 saturated carbocycles. The maximum absolute atomic E-state index is 13.7. The molecule has 41 heavy (non-hydrogen) atoms. The second kappa shape index (κ2) is 9.05. The van der Waals surface area contributed by atoms with Gasteiger partial charge in [-0.3, -0.25) is 25.0 Å². The van der Waals surface area contributed by atoms with Crippen LogP contribution in [0, 0.1) is 27.2 Å². The summed E-state index contributed by atoms with van der Waals surface area (Å²) >= 11 is 0. The van der Waals surface area contributed by atoms with Crippen molar-refractivity contribution >= 4 is 34.2 Å². The fourth-order valence-corrected chi connectivity index (χ4v) is 5.45. The van der Waals surface area contributed by atoms with Crippen molar-refractivity contribution < 1.29 is 28.9 Å². The third-order valence-corrected chi connectivity index (χ3v) is 7.60. The smallest absolute Gasteiger partial charge is 0.355 e. The van der Waals surface area contributed by atoms with Crippen LogP contribution in [0.4, 0.5) is 11.4 Å². The number of carbonyl (C=O) groups excluding carboxylic acids is 2. The predicted octanol–water partition coefficient (Wildman–Crippen LogP) is 4.07. The largest absolute Gasteiger partial charge is 0.457 e. The number of cyclic esters (lactones) is 1. The number of rotatable bonds is 5. The number of fused-ring (bicyclic) bond motifs is 5. The van der Waals surface area contributed by atoms with Crippen molar-refractivity contribution in [3.63, 3.8) is 0 Å². The van der Waals surface area contributed by atoms with Gasteiger partial charge in [-0.05, 0) is 37.6 Å². The summed E-state index contributed by atoms with van der Waals surface area (Å²) in [4.78, 5) is 66.6. The summed E-state index contributed by atoms with van der Waals surface area (Å²) in [5.41, 5.74) is -0.768. The lowest BCUT2D eigenvalue weighted by Gasteiger charge is -2.35. The number of hydrogen-bond acceptors (Lipinski definition) is 10. The van der Waals surface area contributed by atoms with Crippen LogP contribution in [0.3, 0.4) is 0 Å². The number of aryl methyl sites for hydroxylation is 1. The molecule has 0 N–H and O–H groups in total. The highest BCUT2D eigenvalue weighted by Crippen LogP contribution is 2.42. The van der Waals surface area contributed by atoms with Gasteiger partial charge >= 0.3 is 11.9 Å². The Kier molecular flexibility index (Phi) is 5.69. The molecule has 206 valence electrons. The minimum atomic E-state index is -2.00. The molecule has 0 bridgehead atoms. The molecule has 0 saturated heterocycles. The molecule has 2 aliphatic heterocycles. The SMILES string of the molecule is CC[C@@]1(OC(=O)c2ccc(C)c([N+](=O)[O-])c2)C(=O)OCc2c1cc1n(c2=O)Cc2cc3c([N+](=O)[O-])cccc3nc2-1. The number of nitrogens with zero attached hydrogens (tertiary/aromatic N) is 4. The summed E-state index contributed by atoms with van der Waals surface area (Å²) in [6, 6.07) is 11.5. The molecule has 2 aromatic carbocycles. The average Bonchev–Trinajstić information content (AvgIpc) is 3.30. The second-order valence-corrected chi connectivity index (χ2v) is 9.81. The quantitative estimate of drug-likeness (QED) is 0.174. The molecule has 0 fully saturated rings. The van der Waals surface area contributed by atoms with Gasteiger partial charge in [-0.1, -0.05) is 19.1 Å². The Morgan fingerprint density at radius 2 is 1.85 bits per heavy atom. The summed E-state index contributed by atoms with van der Waals surface area (Å²) in [6.07, 6.45) is -0.0916. The van der Waals surface area contributed by atoms with Gasteiger partial charge in [-0.2, -0.15) is 0 Å². The maximum Gasteiger partial charge on any atom is 0.355 e. The first-order valence-corrected chi connectivity index (χ1v) is 12.6. The molecule has 1 atom stereocenters. The van der Waals surface area contributed by atoms with Gasteiger partial charge in [-0.15, -0.1) is 0 Å². The number of benzene rings is 2. The molecule has 6 rings (SSSR count). The van der Waals surface area contributed by atoms with Crippen molar-refractivity contribution in [3.05, 3.63) is 107 Å². The predicted molar refractivity (Wildman–Crippen MR) is 142 cm³/mol. The zero-order valence-electron chi connectivity index (χ0n) is 21.7. The van der Waals surface area contributed by atoms with E-state index in [1.165, 1.54) is 35.8 Å². The van der Waals surface area contributed by atoms with Gasteiger partial charge in [0.25, 0.3) is 16.9 Å². The third-order valence-electron chi connectivity index (χ3n) is 7.60. The number of nitro benzene ring substituents is 2. The number of nitro groups is 2. The Labute approximate surface area is 230 Å². The van der Waals surface area contributed by atoms with E-state index in [1.807, 2.05) is 0 Å². The van der Waals surface area contributed by atoms with Gasteiger partial charge in [-0.25, -0.2) is 14.6 Å². The molecule has 4 aromatic rings. The van der Waals surface area contributed by atoms with E-state index in [0.717, 1.165) is 6.07 Å². The molecule has 4 heterocycles. The van der Waals surface area contributed by atoms with Crippen molar-refractivity contribution in [2.75, 3.05) is 0 Å². The fraction of sp³-hybridized carbons (Fsp3) is 0.214. The maximum atomic E-state index is 13.7. The van der Waals surface area contributed by atoms with Gasteiger partial charge in [0.2, 0.25) is 5.60 Å². The Balaban J connectivity index is 1.50. The van der Waals surface area contributed by atoms with Gasteiger partial charge in [0.05, 0.1) is 49.8 Å². The molecule has 2 aromatic heterocycles. The summed E-state index contributed by atoms with van der Waals surface area (Å²) in [6.45, 7) is 2.85. The topological polar surface area (TPSA) is 174 Å². The number of carbonyl (C=O) groups is 2. The Bertz CT molecular complexity index is 1930. The number of pyridine rings is 2. The van der Waals surface area contributed by atoms with Gasteiger partial charge in [0.15, 0.2) is 0 Å². The molecule has 2 aliphatic rings. The van der Waals surface area contributed by atoms with Crippen molar-refractivity contribution in [2.24, 2.45) is 0 Å². The minimum absolute atomic E-state index is 0.0889. The van der Waals surface area contributed by atoms with E-state index in [-0.39, 0.29) is 47.6 Å². The zero-order valence-corrected chi connectivity index (χ0v) is 21.7. The monoisotopic (exact) mass is 556 g/mol. The first-order valence-electron chi connectivity index (χ1n) is 12.6. The van der Waals surface area contributed by atoms with Crippen LogP contribution in [0.25, 0.3) is 22.3 Å². The van der Waals surface area contributed by atoms with E-state index < -0.39 is 32.9 Å². The number of esters is 2. The number of aromatic nitrogens is 2. The minimum Gasteiger partial charge on any atom is -0.457 e. The highest BCUT2D eigenvalue weighted by molar-refractivity contribution is 5.95. The lowest BCUT2D eigenvalue weighted by molar-refractivity contribution is -0.385. The fourth-order valence-electron chi connectivity index (χ4n) is 5.45. The molecule has 13 heteroatoms. The van der Waals surface area contributed by atoms with Crippen LogP contribution in [0.5, 0.6) is 0 Å². The summed E-state index contributed by atoms with van der Waals surface area (Å²) < 4.78 is 12.5. The van der Waals surface area contributed by atoms with Gasteiger partial charge in [0, 0.05) is 28.8 Å². The molecule has 0 amide bonds. The van der Waals surface area contributed by atoms with Crippen LogP contribution in [-0.2, 0) is 33.0 Å². The molecular formula is C28H20N4O9. The summed E-state index contributed by atoms with van der Waals surface area (Å²) in [5.74, 6) is -1.88. The van der Waals surface area contributed by atoms with Crippen LogP contribution in [-0.4, -0.2) is 31.3 Å². The zero-order chi connectivity index (χ0) is 29.2. The number of hydrogen-bond donors (Lipinski definition) is 0. The van der Waals surface area contributed by atoms with Gasteiger partial charge < -0.3 is 14.0 Å². The van der Waals surface area contributed by atoms with Crippen LogP contribution in [0.2, 0.25) is 0 Å². The molecule has 13 nitrogen and oxygen atoms in total. The summed E-state index contributed by atoms with van der Waals surface area (Å²) in [5, 5.41) is 23.3. The van der Waals surface area contributed by atoms with E-state index >= 15 is 0 Å². The van der Waals surface area contributed by atoms with E-state index in [4.69, 9.17) is 9.47 Å². The lowest BCUT2D eigenvalue weighted by atomic mass is 9.85. The van der Waals surface area contributed by atoms with E-state index in [2.05, 4.69) is 4.98 Å². The van der Waals surface area contributed by atoms with Crippen molar-refractivity contribution in [2.45, 2.75) is 39.0 Å².